The molecule has 1 N–H and O–H groups in total. The van der Waals surface area contributed by atoms with Gasteiger partial charge in [-0.15, -0.1) is 0 Å². The lowest BCUT2D eigenvalue weighted by Gasteiger charge is -2.24. The topological polar surface area (TPSA) is 52.2 Å². The summed E-state index contributed by atoms with van der Waals surface area (Å²) in [5, 5.41) is 11.9. The van der Waals surface area contributed by atoms with Crippen molar-refractivity contribution in [2.24, 2.45) is 0 Å². The average Bonchev–Trinajstić information content (AvgIpc) is 2.98. The highest BCUT2D eigenvalue weighted by Crippen LogP contribution is 2.14. The third-order valence-corrected chi connectivity index (χ3v) is 3.18. The first-order chi connectivity index (χ1) is 10.2. The van der Waals surface area contributed by atoms with E-state index >= 15 is 0 Å². The highest BCUT2D eigenvalue weighted by Gasteiger charge is 2.13. The van der Waals surface area contributed by atoms with Gasteiger partial charge in [0.15, 0.2) is 5.11 Å². The molecule has 0 bridgehead atoms. The largest absolute Gasteiger partial charge is 0.467 e. The fourth-order valence-electron chi connectivity index (χ4n) is 1.78. The summed E-state index contributed by atoms with van der Waals surface area (Å²) in [6.45, 7) is 0.868. The number of thiocarbonyl (C=S) groups is 1. The molecule has 21 heavy (non-hydrogen) atoms. The van der Waals surface area contributed by atoms with Crippen LogP contribution in [0.1, 0.15) is 12.2 Å². The van der Waals surface area contributed by atoms with Crippen LogP contribution in [0.4, 0.5) is 10.1 Å². The molecule has 0 aliphatic heterocycles. The van der Waals surface area contributed by atoms with Gasteiger partial charge >= 0.3 is 0 Å². The smallest absolute Gasteiger partial charge is 0.173 e. The predicted molar refractivity (Wildman–Crippen MR) is 82.0 cm³/mol. The molecule has 108 valence electrons. The van der Waals surface area contributed by atoms with E-state index in [-0.39, 0.29) is 5.82 Å². The zero-order valence-electron chi connectivity index (χ0n) is 11.3. The number of nitrogens with zero attached hydrogens (tertiary/aromatic N) is 2. The second kappa shape index (κ2) is 7.41. The number of nitriles is 1. The molecule has 0 saturated heterocycles. The van der Waals surface area contributed by atoms with Crippen LogP contribution >= 0.6 is 12.2 Å². The summed E-state index contributed by atoms with van der Waals surface area (Å²) in [6, 6.07) is 12.0. The normalized spacial score (nSPS) is 9.90. The Balaban J connectivity index is 2.07. The maximum Gasteiger partial charge on any atom is 0.173 e. The molecule has 1 aromatic heterocycles. The van der Waals surface area contributed by atoms with Crippen molar-refractivity contribution in [3.05, 3.63) is 54.2 Å². The van der Waals surface area contributed by atoms with Crippen LogP contribution in [0.2, 0.25) is 0 Å². The van der Waals surface area contributed by atoms with Crippen molar-refractivity contribution in [3.63, 3.8) is 0 Å². The van der Waals surface area contributed by atoms with Crippen LogP contribution in [0, 0.1) is 17.1 Å². The van der Waals surface area contributed by atoms with Gasteiger partial charge in [-0.1, -0.05) is 12.1 Å². The monoisotopic (exact) mass is 303 g/mol. The van der Waals surface area contributed by atoms with Crippen molar-refractivity contribution in [1.82, 2.24) is 4.90 Å². The fraction of sp³-hybridized carbons (Fsp3) is 0.200. The molecule has 0 saturated carbocycles. The second-order valence-corrected chi connectivity index (χ2v) is 4.71. The van der Waals surface area contributed by atoms with Gasteiger partial charge in [-0.05, 0) is 36.5 Å². The minimum Gasteiger partial charge on any atom is -0.467 e. The molecule has 0 atom stereocenters. The van der Waals surface area contributed by atoms with E-state index in [1.54, 1.807) is 35.4 Å². The SMILES string of the molecule is N#CCCN(Cc1ccco1)C(=S)Nc1ccccc1F. The highest BCUT2D eigenvalue weighted by atomic mass is 32.1. The second-order valence-electron chi connectivity index (χ2n) is 4.32. The molecule has 4 nitrogen and oxygen atoms in total. The Hall–Kier alpha value is -2.39. The molecule has 1 aromatic carbocycles. The number of benzene rings is 1. The summed E-state index contributed by atoms with van der Waals surface area (Å²) >= 11 is 5.30. The molecule has 0 radical (unpaired) electrons. The number of halogens is 1. The maximum absolute atomic E-state index is 13.6. The zero-order valence-corrected chi connectivity index (χ0v) is 12.1. The predicted octanol–water partition coefficient (Wildman–Crippen LogP) is 3.53. The summed E-state index contributed by atoms with van der Waals surface area (Å²) in [6.07, 6.45) is 1.89. The van der Waals surface area contributed by atoms with Crippen molar-refractivity contribution >= 4 is 23.0 Å². The van der Waals surface area contributed by atoms with E-state index < -0.39 is 0 Å². The van der Waals surface area contributed by atoms with E-state index in [1.807, 2.05) is 6.07 Å². The maximum atomic E-state index is 13.6. The number of hydrogen-bond acceptors (Lipinski definition) is 3. The number of anilines is 1. The van der Waals surface area contributed by atoms with Gasteiger partial charge in [0.1, 0.15) is 11.6 Å². The summed E-state index contributed by atoms with van der Waals surface area (Å²) in [7, 11) is 0. The van der Waals surface area contributed by atoms with Gasteiger partial charge in [0.25, 0.3) is 0 Å². The van der Waals surface area contributed by atoms with Gasteiger partial charge < -0.3 is 14.6 Å². The molecule has 0 unspecified atom stereocenters. The molecule has 0 spiro atoms. The molecule has 0 fully saturated rings. The van der Waals surface area contributed by atoms with Crippen molar-refractivity contribution in [1.29, 1.82) is 5.26 Å². The first kappa shape index (κ1) is 15.0. The highest BCUT2D eigenvalue weighted by molar-refractivity contribution is 7.80. The number of rotatable bonds is 5. The molecule has 0 aliphatic carbocycles. The van der Waals surface area contributed by atoms with Gasteiger partial charge in [0, 0.05) is 6.54 Å². The Kier molecular flexibility index (Phi) is 5.29. The summed E-state index contributed by atoms with van der Waals surface area (Å²) < 4.78 is 18.9. The molecule has 1 heterocycles. The third kappa shape index (κ3) is 4.29. The summed E-state index contributed by atoms with van der Waals surface area (Å²) in [5.41, 5.74) is 0.309. The van der Waals surface area contributed by atoms with Crippen molar-refractivity contribution in [2.75, 3.05) is 11.9 Å². The van der Waals surface area contributed by atoms with Gasteiger partial charge in [-0.3, -0.25) is 0 Å². The first-order valence-electron chi connectivity index (χ1n) is 6.40. The summed E-state index contributed by atoms with van der Waals surface area (Å²) in [4.78, 5) is 1.77. The fourth-order valence-corrected chi connectivity index (χ4v) is 2.05. The molecule has 2 aromatic rings. The van der Waals surface area contributed by atoms with Crippen LogP contribution < -0.4 is 5.32 Å². The molecule has 2 rings (SSSR count). The average molecular weight is 303 g/mol. The Labute approximate surface area is 127 Å². The lowest BCUT2D eigenvalue weighted by molar-refractivity contribution is 0.371. The lowest BCUT2D eigenvalue weighted by atomic mass is 10.3. The van der Waals surface area contributed by atoms with E-state index in [4.69, 9.17) is 21.9 Å². The van der Waals surface area contributed by atoms with Crippen LogP contribution in [0.15, 0.2) is 47.1 Å². The van der Waals surface area contributed by atoms with Gasteiger partial charge in [0.05, 0.1) is 31.0 Å². The van der Waals surface area contributed by atoms with Crippen molar-refractivity contribution in [2.45, 2.75) is 13.0 Å². The van der Waals surface area contributed by atoms with E-state index in [0.717, 1.165) is 5.76 Å². The quantitative estimate of drug-likeness (QED) is 0.856. The Morgan fingerprint density at radius 3 is 2.81 bits per heavy atom. The van der Waals surface area contributed by atoms with E-state index in [0.29, 0.717) is 30.3 Å². The lowest BCUT2D eigenvalue weighted by Crippen LogP contribution is -2.35. The number of hydrogen-bond donors (Lipinski definition) is 1. The van der Waals surface area contributed by atoms with Crippen LogP contribution in [-0.2, 0) is 6.54 Å². The van der Waals surface area contributed by atoms with E-state index in [9.17, 15) is 4.39 Å². The third-order valence-electron chi connectivity index (χ3n) is 2.82. The summed E-state index contributed by atoms with van der Waals surface area (Å²) in [5.74, 6) is 0.351. The number of nitrogens with one attached hydrogen (secondary N) is 1. The Bertz CT molecular complexity index is 637. The zero-order chi connectivity index (χ0) is 15.1. The Morgan fingerprint density at radius 2 is 2.14 bits per heavy atom. The van der Waals surface area contributed by atoms with Gasteiger partial charge in [-0.25, -0.2) is 4.39 Å². The van der Waals surface area contributed by atoms with Crippen molar-refractivity contribution < 1.29 is 8.81 Å². The molecule has 0 aliphatic rings. The van der Waals surface area contributed by atoms with Gasteiger partial charge in [-0.2, -0.15) is 5.26 Å². The molecular formula is C15H14FN3OS. The van der Waals surface area contributed by atoms with Crippen molar-refractivity contribution in [3.8, 4) is 6.07 Å². The first-order valence-corrected chi connectivity index (χ1v) is 6.81. The standard InChI is InChI=1S/C15H14FN3OS/c16-13-6-1-2-7-14(13)18-15(21)19(9-4-8-17)11-12-5-3-10-20-12/h1-3,5-7,10H,4,9,11H2,(H,18,21). The van der Waals surface area contributed by atoms with Gasteiger partial charge in [0.2, 0.25) is 0 Å². The van der Waals surface area contributed by atoms with Crippen LogP contribution in [0.5, 0.6) is 0 Å². The van der Waals surface area contributed by atoms with Crippen LogP contribution in [0.25, 0.3) is 0 Å². The number of para-hydroxylation sites is 1. The number of furan rings is 1. The molecule has 6 heteroatoms. The van der Waals surface area contributed by atoms with Crippen LogP contribution in [0.3, 0.4) is 0 Å². The van der Waals surface area contributed by atoms with E-state index in [2.05, 4.69) is 11.4 Å². The van der Waals surface area contributed by atoms with Crippen LogP contribution in [-0.4, -0.2) is 16.6 Å². The molecule has 0 amide bonds. The Morgan fingerprint density at radius 1 is 1.33 bits per heavy atom. The minimum absolute atomic E-state index is 0.309. The van der Waals surface area contributed by atoms with E-state index in [1.165, 1.54) is 6.07 Å². The minimum atomic E-state index is -0.377. The molecular weight excluding hydrogens is 289 g/mol.